The van der Waals surface area contributed by atoms with Crippen LogP contribution in [0.4, 0.5) is 15.8 Å². The van der Waals surface area contributed by atoms with Gasteiger partial charge in [-0.15, -0.1) is 21.5 Å². The number of carbonyl (C=O) groups excluding carboxylic acids is 2. The smallest absolute Gasteiger partial charge is 0.234 e. The number of amides is 2. The molecule has 4 rings (SSSR count). The largest absolute Gasteiger partial charge is 0.326 e. The van der Waals surface area contributed by atoms with E-state index < -0.39 is 0 Å². The predicted molar refractivity (Wildman–Crippen MR) is 133 cm³/mol. The number of carbonyl (C=O) groups is 2. The maximum absolute atomic E-state index is 13.2. The fraction of sp³-hybridized carbons (Fsp3) is 0.125. The van der Waals surface area contributed by atoms with Crippen molar-refractivity contribution in [3.8, 4) is 21.1 Å². The number of rotatable bonds is 7. The van der Waals surface area contributed by atoms with E-state index in [9.17, 15) is 14.0 Å². The molecule has 0 aliphatic rings. The lowest BCUT2D eigenvalue weighted by Crippen LogP contribution is -2.14. The molecule has 2 amide bonds. The Bertz CT molecular complexity index is 1310. The summed E-state index contributed by atoms with van der Waals surface area (Å²) in [6.45, 7) is 3.34. The van der Waals surface area contributed by atoms with Crippen LogP contribution in [0.25, 0.3) is 21.1 Å². The van der Waals surface area contributed by atoms with Crippen LogP contribution >= 0.6 is 23.1 Å². The summed E-state index contributed by atoms with van der Waals surface area (Å²) in [7, 11) is 0. The van der Waals surface area contributed by atoms with Crippen LogP contribution in [0.15, 0.2) is 65.7 Å². The fourth-order valence-electron chi connectivity index (χ4n) is 3.04. The second kappa shape index (κ2) is 10.5. The topological polar surface area (TPSA) is 96.9 Å². The molecule has 34 heavy (non-hydrogen) atoms. The van der Waals surface area contributed by atoms with E-state index in [0.29, 0.717) is 22.1 Å². The van der Waals surface area contributed by atoms with Crippen LogP contribution in [0.1, 0.15) is 12.6 Å². The molecule has 0 saturated heterocycles. The highest BCUT2D eigenvalue weighted by molar-refractivity contribution is 7.99. The number of aryl methyl sites for hydroxylation is 1. The average molecular weight is 494 g/mol. The van der Waals surface area contributed by atoms with Crippen LogP contribution in [0.3, 0.4) is 0 Å². The number of nitrogens with zero attached hydrogens (tertiary/aromatic N) is 3. The molecular formula is C24H20FN5O2S2. The molecule has 2 N–H and O–H groups in total. The van der Waals surface area contributed by atoms with Crippen molar-refractivity contribution in [2.24, 2.45) is 0 Å². The number of hydrogen-bond donors (Lipinski definition) is 2. The molecule has 0 atom stereocenters. The van der Waals surface area contributed by atoms with Gasteiger partial charge in [-0.2, -0.15) is 0 Å². The van der Waals surface area contributed by atoms with Crippen molar-refractivity contribution < 1.29 is 14.0 Å². The van der Waals surface area contributed by atoms with E-state index in [0.717, 1.165) is 21.1 Å². The van der Waals surface area contributed by atoms with Gasteiger partial charge in [0.15, 0.2) is 0 Å². The molecule has 10 heteroatoms. The summed E-state index contributed by atoms with van der Waals surface area (Å²) in [5, 5.41) is 15.4. The lowest BCUT2D eigenvalue weighted by Gasteiger charge is -2.07. The highest BCUT2D eigenvalue weighted by atomic mass is 32.2. The van der Waals surface area contributed by atoms with E-state index in [1.165, 1.54) is 42.2 Å². The first kappa shape index (κ1) is 23.5. The first-order chi connectivity index (χ1) is 16.4. The minimum Gasteiger partial charge on any atom is -0.326 e. The zero-order chi connectivity index (χ0) is 24.1. The summed E-state index contributed by atoms with van der Waals surface area (Å²) in [4.78, 5) is 28.8. The van der Waals surface area contributed by atoms with Crippen molar-refractivity contribution in [2.75, 3.05) is 16.4 Å². The van der Waals surface area contributed by atoms with E-state index in [1.807, 2.05) is 19.1 Å². The van der Waals surface area contributed by atoms with Gasteiger partial charge in [-0.1, -0.05) is 11.8 Å². The van der Waals surface area contributed by atoms with Gasteiger partial charge < -0.3 is 10.6 Å². The molecule has 0 spiro atoms. The summed E-state index contributed by atoms with van der Waals surface area (Å²) in [6, 6.07) is 16.8. The van der Waals surface area contributed by atoms with Gasteiger partial charge in [0.1, 0.15) is 21.5 Å². The Hall–Kier alpha value is -3.63. The number of thioether (sulfide) groups is 1. The van der Waals surface area contributed by atoms with Crippen molar-refractivity contribution in [1.82, 2.24) is 15.2 Å². The molecular weight excluding hydrogens is 473 g/mol. The zero-order valence-corrected chi connectivity index (χ0v) is 20.0. The van der Waals surface area contributed by atoms with E-state index in [1.54, 1.807) is 36.4 Å². The van der Waals surface area contributed by atoms with E-state index in [-0.39, 0.29) is 23.4 Å². The van der Waals surface area contributed by atoms with Gasteiger partial charge in [0.2, 0.25) is 11.8 Å². The Balaban J connectivity index is 1.34. The van der Waals surface area contributed by atoms with Crippen LogP contribution in [0.5, 0.6) is 0 Å². The second-order valence-electron chi connectivity index (χ2n) is 7.29. The van der Waals surface area contributed by atoms with Gasteiger partial charge in [-0.3, -0.25) is 9.59 Å². The van der Waals surface area contributed by atoms with Gasteiger partial charge in [-0.25, -0.2) is 9.37 Å². The third-order valence-corrected chi connectivity index (χ3v) is 6.75. The molecule has 4 aromatic rings. The first-order valence-electron chi connectivity index (χ1n) is 10.2. The first-order valence-corrected chi connectivity index (χ1v) is 12.1. The van der Waals surface area contributed by atoms with Crippen LogP contribution in [-0.2, 0) is 9.59 Å². The predicted octanol–water partition coefficient (Wildman–Crippen LogP) is 5.40. The number of aromatic nitrogens is 3. The number of halogens is 1. The molecule has 2 aromatic heterocycles. The summed E-state index contributed by atoms with van der Waals surface area (Å²) in [5.74, 6) is -0.440. The Morgan fingerprint density at radius 1 is 0.941 bits per heavy atom. The molecule has 0 aliphatic carbocycles. The monoisotopic (exact) mass is 493 g/mol. The Kier molecular flexibility index (Phi) is 7.29. The summed E-state index contributed by atoms with van der Waals surface area (Å²) in [5.41, 5.74) is 3.66. The summed E-state index contributed by atoms with van der Waals surface area (Å²) < 4.78 is 13.2. The number of benzene rings is 2. The highest BCUT2D eigenvalue weighted by Gasteiger charge is 2.14. The maximum Gasteiger partial charge on any atom is 0.234 e. The molecule has 0 aliphatic heterocycles. The molecule has 0 bridgehead atoms. The normalized spacial score (nSPS) is 10.7. The van der Waals surface area contributed by atoms with Gasteiger partial charge >= 0.3 is 0 Å². The second-order valence-corrected chi connectivity index (χ2v) is 9.29. The third kappa shape index (κ3) is 6.03. The Labute approximate surface area is 203 Å². The summed E-state index contributed by atoms with van der Waals surface area (Å²) >= 11 is 2.75. The molecule has 2 heterocycles. The molecule has 7 nitrogen and oxygen atoms in total. The lowest BCUT2D eigenvalue weighted by atomic mass is 10.2. The zero-order valence-electron chi connectivity index (χ0n) is 18.3. The SMILES string of the molecule is CC(=O)Nc1ccc(NC(=O)CSc2ccc(-c3sc(-c4ccc(F)cc4)nc3C)nn2)cc1. The van der Waals surface area contributed by atoms with Crippen LogP contribution in [-0.4, -0.2) is 32.7 Å². The van der Waals surface area contributed by atoms with Gasteiger partial charge in [0, 0.05) is 23.9 Å². The molecule has 0 fully saturated rings. The minimum atomic E-state index is -0.287. The molecule has 0 radical (unpaired) electrons. The Morgan fingerprint density at radius 2 is 1.62 bits per heavy atom. The number of nitrogens with one attached hydrogen (secondary N) is 2. The lowest BCUT2D eigenvalue weighted by molar-refractivity contribution is -0.114. The molecule has 0 unspecified atom stereocenters. The van der Waals surface area contributed by atoms with Gasteiger partial charge in [0.05, 0.1) is 16.3 Å². The standard InChI is InChI=1S/C24H20FN5O2S2/c1-14-23(34-24(26-14)16-3-5-17(25)6-4-16)20-11-12-22(30-29-20)33-13-21(32)28-19-9-7-18(8-10-19)27-15(2)31/h3-12H,13H2,1-2H3,(H,27,31)(H,28,32). The van der Waals surface area contributed by atoms with Crippen LogP contribution in [0, 0.1) is 12.7 Å². The molecule has 0 saturated carbocycles. The van der Waals surface area contributed by atoms with Crippen molar-refractivity contribution in [1.29, 1.82) is 0 Å². The average Bonchev–Trinajstić information content (AvgIpc) is 3.21. The van der Waals surface area contributed by atoms with E-state index >= 15 is 0 Å². The van der Waals surface area contributed by atoms with E-state index in [2.05, 4.69) is 25.8 Å². The van der Waals surface area contributed by atoms with Gasteiger partial charge in [-0.05, 0) is 67.6 Å². The van der Waals surface area contributed by atoms with Crippen molar-refractivity contribution >= 4 is 46.3 Å². The number of thiazole rings is 1. The highest BCUT2D eigenvalue weighted by Crippen LogP contribution is 2.34. The minimum absolute atomic E-state index is 0.154. The van der Waals surface area contributed by atoms with Crippen LogP contribution in [0.2, 0.25) is 0 Å². The number of anilines is 2. The summed E-state index contributed by atoms with van der Waals surface area (Å²) in [6.07, 6.45) is 0. The molecule has 2 aromatic carbocycles. The van der Waals surface area contributed by atoms with Crippen molar-refractivity contribution in [2.45, 2.75) is 18.9 Å². The van der Waals surface area contributed by atoms with Crippen molar-refractivity contribution in [3.05, 3.63) is 72.2 Å². The maximum atomic E-state index is 13.2. The number of hydrogen-bond acceptors (Lipinski definition) is 7. The quantitative estimate of drug-likeness (QED) is 0.335. The Morgan fingerprint density at radius 3 is 2.24 bits per heavy atom. The van der Waals surface area contributed by atoms with Gasteiger partial charge in [0.25, 0.3) is 0 Å². The van der Waals surface area contributed by atoms with E-state index in [4.69, 9.17) is 0 Å². The van der Waals surface area contributed by atoms with Crippen molar-refractivity contribution in [3.63, 3.8) is 0 Å². The van der Waals surface area contributed by atoms with Crippen LogP contribution < -0.4 is 10.6 Å². The third-order valence-electron chi connectivity index (χ3n) is 4.60. The molecule has 172 valence electrons. The fourth-order valence-corrected chi connectivity index (χ4v) is 4.70.